The van der Waals surface area contributed by atoms with E-state index in [2.05, 4.69) is 237 Å². The van der Waals surface area contributed by atoms with Crippen molar-refractivity contribution in [2.24, 2.45) is 0 Å². The standard InChI is InChI=1S/C59H49N4OTe.Pt/c1-38-30-55(60-50-28-29-65-57(38)50)63-51-23-15-14-22-46(51)47-27-26-44(36-54(47)63)64-45-32-41(58(2,3)4)31-43(35-45)61-37-62(53-25-17-16-24-52(53)61)56-48(39-18-10-8-11-19-39)33-42(59(5,6)7)34-49(56)40-20-12-9-13-21-40;/h8-34,37H,1-7H3;/q-3;. The van der Waals surface area contributed by atoms with Crippen LogP contribution in [0.4, 0.5) is 22.7 Å². The Morgan fingerprint density at radius 1 is 0.591 bits per heavy atom. The van der Waals surface area contributed by atoms with E-state index in [9.17, 15) is 0 Å². The molecule has 0 saturated heterocycles. The van der Waals surface area contributed by atoms with Crippen LogP contribution in [0.2, 0.25) is 0 Å². The van der Waals surface area contributed by atoms with Gasteiger partial charge in [-0.3, -0.25) is 0 Å². The van der Waals surface area contributed by atoms with E-state index in [0.717, 1.165) is 61.5 Å². The first-order chi connectivity index (χ1) is 31.4. The molecule has 5 nitrogen and oxygen atoms in total. The number of aryl methyl sites for hydroxylation is 1. The van der Waals surface area contributed by atoms with E-state index >= 15 is 0 Å². The number of nitrogens with zero attached hydrogens (tertiary/aromatic N) is 4. The summed E-state index contributed by atoms with van der Waals surface area (Å²) in [6.07, 6.45) is 0. The Kier molecular flexibility index (Phi) is 11.4. The first-order valence-electron chi connectivity index (χ1n) is 22.3. The second kappa shape index (κ2) is 17.1. The minimum atomic E-state index is -0.337. The summed E-state index contributed by atoms with van der Waals surface area (Å²) in [5.41, 5.74) is 15.4. The summed E-state index contributed by atoms with van der Waals surface area (Å²) >= 11 is -0.337. The number of hydrogen-bond acceptors (Lipinski definition) is 4. The Morgan fingerprint density at radius 3 is 1.86 bits per heavy atom. The molecule has 7 heteroatoms. The number of para-hydroxylation sites is 3. The average molecular weight is 1150 g/mol. The van der Waals surface area contributed by atoms with Crippen molar-refractivity contribution in [3.05, 3.63) is 197 Å². The topological polar surface area (TPSA) is 33.5 Å². The molecule has 10 aromatic rings. The van der Waals surface area contributed by atoms with Crippen LogP contribution in [0.5, 0.6) is 11.5 Å². The van der Waals surface area contributed by atoms with Crippen molar-refractivity contribution in [1.82, 2.24) is 9.55 Å². The number of ether oxygens (including phenoxy) is 1. The summed E-state index contributed by atoms with van der Waals surface area (Å²) in [6.45, 7) is 18.1. The van der Waals surface area contributed by atoms with E-state index in [1.807, 2.05) is 6.07 Å². The predicted octanol–water partition coefficient (Wildman–Crippen LogP) is 15.4. The average Bonchev–Trinajstić information content (AvgIpc) is 4.03. The summed E-state index contributed by atoms with van der Waals surface area (Å²) in [5.74, 6) is 2.14. The molecule has 3 aromatic heterocycles. The fourth-order valence-electron chi connectivity index (χ4n) is 9.14. The molecule has 0 saturated carbocycles. The number of anilines is 4. The Balaban J connectivity index is 0.00000511. The first-order valence-corrected chi connectivity index (χ1v) is 24.8. The summed E-state index contributed by atoms with van der Waals surface area (Å²) in [5, 5.41) is 2.26. The van der Waals surface area contributed by atoms with Gasteiger partial charge in [0.25, 0.3) is 0 Å². The molecule has 11 rings (SSSR count). The van der Waals surface area contributed by atoms with Crippen LogP contribution in [0.15, 0.2) is 162 Å². The molecule has 0 bridgehead atoms. The first kappa shape index (κ1) is 44.0. The maximum absolute atomic E-state index is 6.90. The van der Waals surface area contributed by atoms with Crippen molar-refractivity contribution in [1.29, 1.82) is 0 Å². The Bertz CT molecular complexity index is 3370. The number of pyridine rings is 1. The molecule has 0 atom stereocenters. The molecular weight excluding hydrogens is 1100 g/mol. The third-order valence-corrected chi connectivity index (χ3v) is 15.5. The predicted molar refractivity (Wildman–Crippen MR) is 272 cm³/mol. The SMILES string of the molecule is Cc1cc(-n2c3[c-]c(Oc4[c-]c(N5[CH-]N(c6c(-c7ccccc7)cc(C(C)(C)C)cc6-c6ccccc6)c6ccccc65)cc(C(C)(C)C)c4)ccc3c3ccccc32)nc2cc[te]c12.[Pt]. The summed E-state index contributed by atoms with van der Waals surface area (Å²) in [7, 11) is 0. The van der Waals surface area contributed by atoms with E-state index in [0.29, 0.717) is 11.5 Å². The van der Waals surface area contributed by atoms with E-state index < -0.39 is 0 Å². The number of hydrogen-bond donors (Lipinski definition) is 0. The van der Waals surface area contributed by atoms with E-state index in [-0.39, 0.29) is 52.3 Å². The van der Waals surface area contributed by atoms with Gasteiger partial charge in [0.05, 0.1) is 0 Å². The van der Waals surface area contributed by atoms with Gasteiger partial charge in [0.15, 0.2) is 0 Å². The van der Waals surface area contributed by atoms with E-state index in [1.54, 1.807) is 0 Å². The third-order valence-electron chi connectivity index (χ3n) is 12.6. The molecule has 0 aliphatic carbocycles. The second-order valence-corrected chi connectivity index (χ2v) is 21.7. The molecule has 0 N–H and O–H groups in total. The minimum absolute atomic E-state index is 0. The van der Waals surface area contributed by atoms with Crippen molar-refractivity contribution in [2.45, 2.75) is 59.3 Å². The van der Waals surface area contributed by atoms with Crippen LogP contribution in [0.1, 0.15) is 58.2 Å². The van der Waals surface area contributed by atoms with Crippen LogP contribution < -0.4 is 14.5 Å². The van der Waals surface area contributed by atoms with Crippen LogP contribution in [-0.4, -0.2) is 30.0 Å². The van der Waals surface area contributed by atoms with Gasteiger partial charge in [-0.25, -0.2) is 0 Å². The molecule has 330 valence electrons. The third kappa shape index (κ3) is 7.88. The van der Waals surface area contributed by atoms with Gasteiger partial charge in [0.2, 0.25) is 0 Å². The van der Waals surface area contributed by atoms with Crippen molar-refractivity contribution >= 4 is 73.9 Å². The normalized spacial score (nSPS) is 12.8. The Hall–Kier alpha value is -5.89. The van der Waals surface area contributed by atoms with Crippen LogP contribution in [-0.2, 0) is 31.9 Å². The molecular formula is C59H49N4OPtTe-3. The fourth-order valence-corrected chi connectivity index (χ4v) is 11.5. The summed E-state index contributed by atoms with van der Waals surface area (Å²) < 4.78 is 12.9. The molecule has 0 fully saturated rings. The molecule has 1 aliphatic heterocycles. The summed E-state index contributed by atoms with van der Waals surface area (Å²) in [6, 6.07) is 64.0. The molecule has 0 amide bonds. The molecule has 1 aliphatic rings. The van der Waals surface area contributed by atoms with Gasteiger partial charge in [-0.05, 0) is 51.8 Å². The summed E-state index contributed by atoms with van der Waals surface area (Å²) in [4.78, 5) is 9.84. The molecule has 0 unspecified atom stereocenters. The van der Waals surface area contributed by atoms with Crippen molar-refractivity contribution in [2.75, 3.05) is 9.80 Å². The van der Waals surface area contributed by atoms with E-state index in [1.165, 1.54) is 36.8 Å². The minimum Gasteiger partial charge on any atom is 0 e. The molecule has 66 heavy (non-hydrogen) atoms. The van der Waals surface area contributed by atoms with Gasteiger partial charge in [-0.15, -0.1) is 12.7 Å². The zero-order chi connectivity index (χ0) is 44.6. The number of rotatable bonds is 7. The largest absolute Gasteiger partial charge is 0 e. The number of benzene rings is 7. The van der Waals surface area contributed by atoms with Crippen molar-refractivity contribution < 1.29 is 25.8 Å². The van der Waals surface area contributed by atoms with Crippen molar-refractivity contribution in [3.63, 3.8) is 0 Å². The van der Waals surface area contributed by atoms with Crippen LogP contribution >= 0.6 is 0 Å². The number of fused-ring (bicyclic) bond motifs is 5. The Labute approximate surface area is 412 Å². The van der Waals surface area contributed by atoms with Gasteiger partial charge in [-0.1, -0.05) is 114 Å². The van der Waals surface area contributed by atoms with Gasteiger partial charge >= 0.3 is 177 Å². The molecule has 4 heterocycles. The zero-order valence-electron chi connectivity index (χ0n) is 38.1. The fraction of sp³-hybridized carbons (Fsp3) is 0.153. The molecule has 0 radical (unpaired) electrons. The maximum Gasteiger partial charge on any atom is 0 e. The van der Waals surface area contributed by atoms with Gasteiger partial charge in [-0.2, -0.15) is 0 Å². The van der Waals surface area contributed by atoms with Crippen LogP contribution in [0.3, 0.4) is 0 Å². The van der Waals surface area contributed by atoms with Crippen LogP contribution in [0, 0.1) is 25.7 Å². The van der Waals surface area contributed by atoms with Gasteiger partial charge in [0.1, 0.15) is 0 Å². The Morgan fingerprint density at radius 2 is 1.20 bits per heavy atom. The van der Waals surface area contributed by atoms with Gasteiger partial charge < -0.3 is 9.80 Å². The molecule has 0 spiro atoms. The smallest absolute Gasteiger partial charge is 0 e. The number of aromatic nitrogens is 2. The van der Waals surface area contributed by atoms with Crippen LogP contribution in [0.25, 0.3) is 58.8 Å². The quantitative estimate of drug-likeness (QED) is 0.118. The second-order valence-electron chi connectivity index (χ2n) is 19.1. The maximum atomic E-state index is 6.90. The monoisotopic (exact) mass is 1150 g/mol. The zero-order valence-corrected chi connectivity index (χ0v) is 42.7. The van der Waals surface area contributed by atoms with Crippen molar-refractivity contribution in [3.8, 4) is 39.6 Å². The van der Waals surface area contributed by atoms with Gasteiger partial charge in [0, 0.05) is 49.3 Å². The molecule has 7 aromatic carbocycles. The van der Waals surface area contributed by atoms with E-state index in [4.69, 9.17) is 9.72 Å².